The highest BCUT2D eigenvalue weighted by atomic mass is 16.5. The summed E-state index contributed by atoms with van der Waals surface area (Å²) in [6, 6.07) is 2.83. The number of ether oxygens (including phenoxy) is 1. The summed E-state index contributed by atoms with van der Waals surface area (Å²) in [4.78, 5) is 52.5. The van der Waals surface area contributed by atoms with Crippen LogP contribution in [0.3, 0.4) is 0 Å². The van der Waals surface area contributed by atoms with Gasteiger partial charge in [0.05, 0.1) is 18.3 Å². The zero-order valence-electron chi connectivity index (χ0n) is 21.2. The van der Waals surface area contributed by atoms with Gasteiger partial charge < -0.3 is 35.8 Å². The number of amides is 1. The molecule has 204 valence electrons. The van der Waals surface area contributed by atoms with Gasteiger partial charge in [-0.25, -0.2) is 4.79 Å². The second-order valence-electron chi connectivity index (χ2n) is 10.4. The molecule has 6 N–H and O–H groups in total. The van der Waals surface area contributed by atoms with Crippen LogP contribution < -0.4 is 5.73 Å². The summed E-state index contributed by atoms with van der Waals surface area (Å²) < 4.78 is 5.19. The molecule has 3 aliphatic carbocycles. The fourth-order valence-electron chi connectivity index (χ4n) is 5.87. The van der Waals surface area contributed by atoms with E-state index < -0.39 is 58.7 Å². The molecular weight excluding hydrogens is 496 g/mol. The van der Waals surface area contributed by atoms with E-state index in [2.05, 4.69) is 0 Å². The van der Waals surface area contributed by atoms with Crippen LogP contribution in [0, 0.1) is 17.8 Å². The van der Waals surface area contributed by atoms with Crippen LogP contribution in [0.4, 0.5) is 0 Å². The summed E-state index contributed by atoms with van der Waals surface area (Å²) in [5, 5.41) is 43.3. The molecule has 0 radical (unpaired) electrons. The van der Waals surface area contributed by atoms with Gasteiger partial charge in [-0.3, -0.25) is 14.4 Å². The molecule has 0 saturated heterocycles. The maximum absolute atomic E-state index is 13.5. The number of phenolic OH excluding ortho intramolecular Hbond substituents is 1. The monoisotopic (exact) mass is 528 g/mol. The summed E-state index contributed by atoms with van der Waals surface area (Å²) in [6.45, 7) is 1.01. The minimum atomic E-state index is -2.55. The highest BCUT2D eigenvalue weighted by molar-refractivity contribution is 6.15. The number of Topliss-reactive ketones (excluding diaryl/α,β-unsaturated/α-hetero) is 2. The number of hydrogen-bond acceptors (Lipinski definition) is 10. The normalized spacial score (nSPS) is 28.8. The third kappa shape index (κ3) is 4.61. The van der Waals surface area contributed by atoms with E-state index in [1.54, 1.807) is 6.07 Å². The first kappa shape index (κ1) is 27.5. The molecule has 0 aromatic heterocycles. The third-order valence-corrected chi connectivity index (χ3v) is 7.70. The molecule has 11 nitrogen and oxygen atoms in total. The number of fused-ring (bicyclic) bond motifs is 3. The molecule has 1 saturated carbocycles. The summed E-state index contributed by atoms with van der Waals surface area (Å²) in [6.07, 6.45) is 1.98. The minimum absolute atomic E-state index is 0.0576. The fraction of sp³-hybridized carbons (Fsp3) is 0.481. The van der Waals surface area contributed by atoms with Crippen molar-refractivity contribution in [2.45, 2.75) is 37.4 Å². The van der Waals surface area contributed by atoms with Gasteiger partial charge >= 0.3 is 5.97 Å². The molecule has 3 aliphatic rings. The maximum Gasteiger partial charge on any atom is 0.330 e. The Morgan fingerprint density at radius 1 is 1.21 bits per heavy atom. The van der Waals surface area contributed by atoms with E-state index in [-0.39, 0.29) is 42.8 Å². The van der Waals surface area contributed by atoms with Crippen LogP contribution in [0.25, 0.3) is 6.08 Å². The van der Waals surface area contributed by atoms with Gasteiger partial charge in [-0.2, -0.15) is 0 Å². The average molecular weight is 529 g/mol. The van der Waals surface area contributed by atoms with E-state index in [9.17, 15) is 39.6 Å². The molecule has 1 aromatic carbocycles. The summed E-state index contributed by atoms with van der Waals surface area (Å²) in [5.41, 5.74) is 3.30. The van der Waals surface area contributed by atoms with Gasteiger partial charge in [-0.1, -0.05) is 6.07 Å². The smallest absolute Gasteiger partial charge is 0.330 e. The Kier molecular flexibility index (Phi) is 7.46. The lowest BCUT2D eigenvalue weighted by Crippen LogP contribution is -2.63. The summed E-state index contributed by atoms with van der Waals surface area (Å²) >= 11 is 0. The largest absolute Gasteiger partial charge is 0.508 e. The number of rotatable bonds is 7. The molecule has 11 heteroatoms. The Morgan fingerprint density at radius 3 is 2.58 bits per heavy atom. The predicted molar refractivity (Wildman–Crippen MR) is 134 cm³/mol. The van der Waals surface area contributed by atoms with Crippen molar-refractivity contribution >= 4 is 29.5 Å². The standard InChI is InChI=1S/C27H32N2O9/c1-29(2)8-3-9-38-19(32)7-5-13-4-6-17(30)21-16(13)11-14-10-15-12-18(31)22(26(28)36)25(35)27(15,37)24(34)20(14)23(21)33/h4-7,14-15,18,22,30-31,34,37H,3,8-12H2,1-2H3,(H2,28,36)/b7-5+/t14-,15+,18?,22?,27+/m1/s1. The number of aliphatic hydroxyl groups excluding tert-OH is 2. The lowest BCUT2D eigenvalue weighted by atomic mass is 9.57. The fourth-order valence-corrected chi connectivity index (χ4v) is 5.87. The Labute approximate surface area is 219 Å². The van der Waals surface area contributed by atoms with E-state index >= 15 is 0 Å². The molecule has 1 aromatic rings. The number of benzene rings is 1. The van der Waals surface area contributed by atoms with Crippen LogP contribution in [0.5, 0.6) is 5.75 Å². The van der Waals surface area contributed by atoms with Crippen LogP contribution in [0.1, 0.15) is 40.7 Å². The lowest BCUT2D eigenvalue weighted by Gasteiger charge is -2.48. The highest BCUT2D eigenvalue weighted by Crippen LogP contribution is 2.51. The van der Waals surface area contributed by atoms with Crippen molar-refractivity contribution in [1.29, 1.82) is 0 Å². The van der Waals surface area contributed by atoms with Crippen molar-refractivity contribution in [2.24, 2.45) is 23.5 Å². The zero-order chi connectivity index (χ0) is 27.9. The molecule has 1 fully saturated rings. The maximum atomic E-state index is 13.5. The van der Waals surface area contributed by atoms with Gasteiger partial charge in [-0.05, 0) is 69.0 Å². The Morgan fingerprint density at radius 2 is 1.92 bits per heavy atom. The van der Waals surface area contributed by atoms with Gasteiger partial charge in [0.25, 0.3) is 0 Å². The molecule has 1 amide bonds. The summed E-state index contributed by atoms with van der Waals surface area (Å²) in [5.74, 6) is -8.19. The topological polar surface area (TPSA) is 188 Å². The average Bonchev–Trinajstić information content (AvgIpc) is 2.83. The number of nitrogens with two attached hydrogens (primary N) is 1. The molecule has 0 heterocycles. The first-order valence-electron chi connectivity index (χ1n) is 12.4. The van der Waals surface area contributed by atoms with E-state index in [4.69, 9.17) is 10.5 Å². The Balaban J connectivity index is 1.66. The quantitative estimate of drug-likeness (QED) is 0.142. The van der Waals surface area contributed by atoms with Crippen molar-refractivity contribution in [3.05, 3.63) is 46.2 Å². The third-order valence-electron chi connectivity index (χ3n) is 7.70. The molecular formula is C27H32N2O9. The number of aliphatic hydroxyl groups is 3. The number of allylic oxidation sites excluding steroid dienone is 1. The van der Waals surface area contributed by atoms with Crippen LogP contribution in [-0.4, -0.2) is 87.7 Å². The number of carbonyl (C=O) groups excluding carboxylic acids is 4. The second-order valence-corrected chi connectivity index (χ2v) is 10.4. The lowest BCUT2D eigenvalue weighted by molar-refractivity contribution is -0.167. The molecule has 38 heavy (non-hydrogen) atoms. The Hall–Kier alpha value is -3.54. The number of hydrogen-bond donors (Lipinski definition) is 5. The molecule has 0 aliphatic heterocycles. The van der Waals surface area contributed by atoms with Crippen molar-refractivity contribution in [3.8, 4) is 5.75 Å². The van der Waals surface area contributed by atoms with Crippen molar-refractivity contribution in [2.75, 3.05) is 27.2 Å². The van der Waals surface area contributed by atoms with Crippen molar-refractivity contribution < 1.29 is 44.3 Å². The van der Waals surface area contributed by atoms with E-state index in [0.29, 0.717) is 17.5 Å². The van der Waals surface area contributed by atoms with Crippen LogP contribution in [0.15, 0.2) is 29.5 Å². The first-order valence-corrected chi connectivity index (χ1v) is 12.4. The minimum Gasteiger partial charge on any atom is -0.508 e. The van der Waals surface area contributed by atoms with Gasteiger partial charge in [-0.15, -0.1) is 0 Å². The molecule has 0 spiro atoms. The van der Waals surface area contributed by atoms with Gasteiger partial charge in [0.15, 0.2) is 17.2 Å². The van der Waals surface area contributed by atoms with Gasteiger partial charge in [0.1, 0.15) is 17.4 Å². The first-order chi connectivity index (χ1) is 17.9. The van der Waals surface area contributed by atoms with E-state index in [0.717, 1.165) is 6.54 Å². The second kappa shape index (κ2) is 10.3. The number of esters is 1. The zero-order valence-corrected chi connectivity index (χ0v) is 21.2. The van der Waals surface area contributed by atoms with Crippen molar-refractivity contribution in [1.82, 2.24) is 4.90 Å². The predicted octanol–water partition coefficient (Wildman–Crippen LogP) is 0.254. The number of phenols is 1. The number of carbonyl (C=O) groups is 4. The van der Waals surface area contributed by atoms with Gasteiger partial charge in [0.2, 0.25) is 5.91 Å². The number of ketones is 2. The summed E-state index contributed by atoms with van der Waals surface area (Å²) in [7, 11) is 3.83. The highest BCUT2D eigenvalue weighted by Gasteiger charge is 2.62. The van der Waals surface area contributed by atoms with Crippen molar-refractivity contribution in [3.63, 3.8) is 0 Å². The SMILES string of the molecule is CN(C)CCCOC(=O)/C=C/c1ccc(O)c2c1C[C@H]1C[C@H]3CC(O)C(C(N)=O)C(=O)[C@@]3(O)C(O)=C1C2=O. The van der Waals surface area contributed by atoms with E-state index in [1.807, 2.05) is 19.0 Å². The van der Waals surface area contributed by atoms with Crippen LogP contribution >= 0.6 is 0 Å². The number of aromatic hydroxyl groups is 1. The Bertz CT molecular complexity index is 1250. The van der Waals surface area contributed by atoms with Crippen LogP contribution in [-0.2, 0) is 25.5 Å². The molecule has 5 atom stereocenters. The molecule has 4 rings (SSSR count). The van der Waals surface area contributed by atoms with Crippen LogP contribution in [0.2, 0.25) is 0 Å². The number of primary amides is 1. The molecule has 0 bridgehead atoms. The number of nitrogens with zero attached hydrogens (tertiary/aromatic N) is 1. The van der Waals surface area contributed by atoms with Gasteiger partial charge in [0, 0.05) is 24.1 Å². The van der Waals surface area contributed by atoms with E-state index in [1.165, 1.54) is 18.2 Å². The molecule has 2 unspecified atom stereocenters.